The van der Waals surface area contributed by atoms with Gasteiger partial charge in [0.1, 0.15) is 11.5 Å². The summed E-state index contributed by atoms with van der Waals surface area (Å²) in [6.07, 6.45) is 0. The summed E-state index contributed by atoms with van der Waals surface area (Å²) in [5.74, 6) is 1.32. The third-order valence-corrected chi connectivity index (χ3v) is 4.58. The summed E-state index contributed by atoms with van der Waals surface area (Å²) in [5, 5.41) is 19.9. The van der Waals surface area contributed by atoms with Crippen molar-refractivity contribution in [2.24, 2.45) is 0 Å². The van der Waals surface area contributed by atoms with E-state index in [1.54, 1.807) is 4.52 Å². The SMILES string of the molecule is Cc1onc(-c2ccccc2)c1-c1nnc2c3ccccc3c(C)nn12. The van der Waals surface area contributed by atoms with Crippen LogP contribution >= 0.6 is 0 Å². The van der Waals surface area contributed by atoms with Crippen LogP contribution in [-0.2, 0) is 0 Å². The molecule has 126 valence electrons. The molecule has 5 aromatic rings. The maximum absolute atomic E-state index is 5.48. The molecule has 3 aromatic heterocycles. The molecule has 0 atom stereocenters. The molecule has 6 nitrogen and oxygen atoms in total. The van der Waals surface area contributed by atoms with Crippen LogP contribution in [0.3, 0.4) is 0 Å². The molecule has 0 bridgehead atoms. The molecular formula is C20H15N5O. The smallest absolute Gasteiger partial charge is 0.191 e. The van der Waals surface area contributed by atoms with E-state index in [1.165, 1.54) is 0 Å². The first-order chi connectivity index (χ1) is 12.7. The summed E-state index contributed by atoms with van der Waals surface area (Å²) in [6, 6.07) is 18.0. The zero-order valence-corrected chi connectivity index (χ0v) is 14.3. The molecule has 0 fully saturated rings. The van der Waals surface area contributed by atoms with Crippen molar-refractivity contribution in [1.82, 2.24) is 25.0 Å². The molecule has 3 heterocycles. The van der Waals surface area contributed by atoms with Gasteiger partial charge >= 0.3 is 0 Å². The highest BCUT2D eigenvalue weighted by atomic mass is 16.5. The molecular weight excluding hydrogens is 326 g/mol. The zero-order valence-electron chi connectivity index (χ0n) is 14.3. The normalized spacial score (nSPS) is 11.5. The molecule has 2 aromatic carbocycles. The lowest BCUT2D eigenvalue weighted by Crippen LogP contribution is -1.99. The van der Waals surface area contributed by atoms with Crippen LogP contribution in [0.15, 0.2) is 59.1 Å². The van der Waals surface area contributed by atoms with E-state index in [-0.39, 0.29) is 0 Å². The van der Waals surface area contributed by atoms with Gasteiger partial charge < -0.3 is 4.52 Å². The molecule has 0 aliphatic rings. The Hall–Kier alpha value is -3.54. The van der Waals surface area contributed by atoms with Crippen LogP contribution in [0.2, 0.25) is 0 Å². The van der Waals surface area contributed by atoms with E-state index in [0.717, 1.165) is 38.9 Å². The monoisotopic (exact) mass is 341 g/mol. The van der Waals surface area contributed by atoms with Gasteiger partial charge in [0.15, 0.2) is 11.5 Å². The molecule has 0 saturated carbocycles. The predicted octanol–water partition coefficient (Wildman–Crippen LogP) is 4.22. The fraction of sp³-hybridized carbons (Fsp3) is 0.100. The average molecular weight is 341 g/mol. The minimum absolute atomic E-state index is 0.631. The molecule has 0 N–H and O–H groups in total. The fourth-order valence-electron chi connectivity index (χ4n) is 3.32. The highest BCUT2D eigenvalue weighted by molar-refractivity contribution is 5.95. The summed E-state index contributed by atoms with van der Waals surface area (Å²) < 4.78 is 7.26. The summed E-state index contributed by atoms with van der Waals surface area (Å²) in [4.78, 5) is 0. The first-order valence-electron chi connectivity index (χ1n) is 8.37. The van der Waals surface area contributed by atoms with E-state index in [0.29, 0.717) is 11.6 Å². The highest BCUT2D eigenvalue weighted by Crippen LogP contribution is 2.34. The van der Waals surface area contributed by atoms with Gasteiger partial charge in [-0.2, -0.15) is 9.61 Å². The quantitative estimate of drug-likeness (QED) is 0.481. The zero-order chi connectivity index (χ0) is 17.7. The number of benzene rings is 2. The second kappa shape index (κ2) is 5.49. The van der Waals surface area contributed by atoms with Gasteiger partial charge in [-0.1, -0.05) is 59.8 Å². The molecule has 26 heavy (non-hydrogen) atoms. The molecule has 0 amide bonds. The van der Waals surface area contributed by atoms with Crippen molar-refractivity contribution in [1.29, 1.82) is 0 Å². The number of rotatable bonds is 2. The minimum atomic E-state index is 0.631. The molecule has 6 heteroatoms. The Morgan fingerprint density at radius 2 is 1.58 bits per heavy atom. The topological polar surface area (TPSA) is 69.1 Å². The number of nitrogens with zero attached hydrogens (tertiary/aromatic N) is 5. The minimum Gasteiger partial charge on any atom is -0.360 e. The molecule has 0 saturated heterocycles. The molecule has 0 unspecified atom stereocenters. The summed E-state index contributed by atoms with van der Waals surface area (Å²) >= 11 is 0. The van der Waals surface area contributed by atoms with Gasteiger partial charge in [0, 0.05) is 16.3 Å². The molecule has 0 radical (unpaired) electrons. The maximum atomic E-state index is 5.48. The Labute approximate surface area is 149 Å². The van der Waals surface area contributed by atoms with Gasteiger partial charge in [0.25, 0.3) is 0 Å². The average Bonchev–Trinajstić information content (AvgIpc) is 3.26. The predicted molar refractivity (Wildman–Crippen MR) is 98.7 cm³/mol. The number of aryl methyl sites for hydroxylation is 2. The van der Waals surface area contributed by atoms with Crippen molar-refractivity contribution >= 4 is 16.4 Å². The molecule has 5 rings (SSSR count). The van der Waals surface area contributed by atoms with E-state index in [2.05, 4.69) is 15.4 Å². The first-order valence-corrected chi connectivity index (χ1v) is 8.37. The Morgan fingerprint density at radius 3 is 2.38 bits per heavy atom. The summed E-state index contributed by atoms with van der Waals surface area (Å²) in [5.41, 5.74) is 4.16. The van der Waals surface area contributed by atoms with Crippen LogP contribution in [0.25, 0.3) is 39.1 Å². The molecule has 0 aliphatic heterocycles. The van der Waals surface area contributed by atoms with Crippen LogP contribution in [0.4, 0.5) is 0 Å². The molecule has 0 aliphatic carbocycles. The van der Waals surface area contributed by atoms with Crippen LogP contribution in [0.5, 0.6) is 0 Å². The standard InChI is InChI=1S/C20H15N5O/c1-12-15-10-6-7-11-16(15)19-21-22-20(25(19)23-12)17-13(2)26-24-18(17)14-8-4-3-5-9-14/h3-11H,1-2H3. The molecule has 0 spiro atoms. The van der Waals surface area contributed by atoms with Crippen LogP contribution in [0.1, 0.15) is 11.5 Å². The van der Waals surface area contributed by atoms with Crippen LogP contribution < -0.4 is 0 Å². The second-order valence-corrected chi connectivity index (χ2v) is 6.22. The van der Waals surface area contributed by atoms with E-state index in [4.69, 9.17) is 9.62 Å². The van der Waals surface area contributed by atoms with Gasteiger partial charge in [0.05, 0.1) is 11.3 Å². The Morgan fingerprint density at radius 1 is 0.846 bits per heavy atom. The third kappa shape index (κ3) is 2.05. The Balaban J connectivity index is 1.83. The van der Waals surface area contributed by atoms with Crippen molar-refractivity contribution in [3.63, 3.8) is 0 Å². The lowest BCUT2D eigenvalue weighted by atomic mass is 10.1. The van der Waals surface area contributed by atoms with Gasteiger partial charge in [-0.05, 0) is 13.8 Å². The first kappa shape index (κ1) is 14.8. The maximum Gasteiger partial charge on any atom is 0.191 e. The number of fused-ring (bicyclic) bond motifs is 3. The van der Waals surface area contributed by atoms with E-state index in [1.807, 2.05) is 68.4 Å². The van der Waals surface area contributed by atoms with Crippen molar-refractivity contribution in [3.05, 3.63) is 66.1 Å². The van der Waals surface area contributed by atoms with Gasteiger partial charge in [-0.15, -0.1) is 10.2 Å². The van der Waals surface area contributed by atoms with E-state index >= 15 is 0 Å². The summed E-state index contributed by atoms with van der Waals surface area (Å²) in [7, 11) is 0. The summed E-state index contributed by atoms with van der Waals surface area (Å²) in [6.45, 7) is 3.87. The van der Waals surface area contributed by atoms with Crippen LogP contribution in [-0.4, -0.2) is 25.0 Å². The Kier molecular flexibility index (Phi) is 3.12. The van der Waals surface area contributed by atoms with Crippen molar-refractivity contribution < 1.29 is 4.52 Å². The van der Waals surface area contributed by atoms with Gasteiger partial charge in [-0.3, -0.25) is 0 Å². The van der Waals surface area contributed by atoms with Gasteiger partial charge in [-0.25, -0.2) is 0 Å². The largest absolute Gasteiger partial charge is 0.360 e. The third-order valence-electron chi connectivity index (χ3n) is 4.58. The number of hydrogen-bond donors (Lipinski definition) is 0. The highest BCUT2D eigenvalue weighted by Gasteiger charge is 2.23. The lowest BCUT2D eigenvalue weighted by Gasteiger charge is -2.05. The Bertz CT molecular complexity index is 1250. The van der Waals surface area contributed by atoms with Gasteiger partial charge in [0.2, 0.25) is 0 Å². The lowest BCUT2D eigenvalue weighted by molar-refractivity contribution is 0.400. The van der Waals surface area contributed by atoms with Crippen molar-refractivity contribution in [2.75, 3.05) is 0 Å². The van der Waals surface area contributed by atoms with Crippen LogP contribution in [0, 0.1) is 13.8 Å². The number of hydrogen-bond acceptors (Lipinski definition) is 5. The van der Waals surface area contributed by atoms with E-state index in [9.17, 15) is 0 Å². The number of aromatic nitrogens is 5. The van der Waals surface area contributed by atoms with E-state index < -0.39 is 0 Å². The van der Waals surface area contributed by atoms with Crippen molar-refractivity contribution in [3.8, 4) is 22.6 Å². The fourth-order valence-corrected chi connectivity index (χ4v) is 3.32. The van der Waals surface area contributed by atoms with Crippen molar-refractivity contribution in [2.45, 2.75) is 13.8 Å². The second-order valence-electron chi connectivity index (χ2n) is 6.22.